The number of carbonyl (C=O) groups excluding carboxylic acids is 4. The fourth-order valence-corrected chi connectivity index (χ4v) is 7.99. The van der Waals surface area contributed by atoms with Gasteiger partial charge in [0.1, 0.15) is 23.4 Å². The second-order valence-electron chi connectivity index (χ2n) is 16.2. The lowest BCUT2D eigenvalue weighted by Gasteiger charge is -2.38. The molecule has 17 heteroatoms. The third-order valence-electron chi connectivity index (χ3n) is 11.9. The maximum Gasteiger partial charge on any atom is 0.312 e. The molecule has 4 aliphatic heterocycles. The molecule has 61 heavy (non-hydrogen) atoms. The van der Waals surface area contributed by atoms with E-state index in [2.05, 4.69) is 5.32 Å². The van der Waals surface area contributed by atoms with Crippen molar-refractivity contribution in [3.05, 3.63) is 53.3 Å². The molecule has 17 nitrogen and oxygen atoms in total. The molecule has 0 radical (unpaired) electrons. The van der Waals surface area contributed by atoms with E-state index >= 15 is 0 Å². The van der Waals surface area contributed by atoms with Gasteiger partial charge in [0.2, 0.25) is 0 Å². The Morgan fingerprint density at radius 1 is 0.984 bits per heavy atom. The average molecular weight is 854 g/mol. The van der Waals surface area contributed by atoms with E-state index in [0.29, 0.717) is 26.3 Å². The summed E-state index contributed by atoms with van der Waals surface area (Å²) in [6, 6.07) is 1.26. The highest BCUT2D eigenvalue weighted by Crippen LogP contribution is 2.54. The normalized spacial score (nSPS) is 29.1. The summed E-state index contributed by atoms with van der Waals surface area (Å²) >= 11 is 0. The number of likely N-dealkylation sites (N-methyl/N-ethyl adjacent to an activating group) is 1. The van der Waals surface area contributed by atoms with Crippen molar-refractivity contribution in [2.24, 2.45) is 23.7 Å². The third-order valence-corrected chi connectivity index (χ3v) is 11.9. The number of ether oxygens (including phenoxy) is 6. The number of nitrogens with zero attached hydrogens (tertiary/aromatic N) is 2. The van der Waals surface area contributed by atoms with Crippen LogP contribution in [0.1, 0.15) is 64.4 Å². The molecular formula is C44H59N3O14. The van der Waals surface area contributed by atoms with Crippen molar-refractivity contribution in [3.63, 3.8) is 0 Å². The summed E-state index contributed by atoms with van der Waals surface area (Å²) < 4.78 is 35.2. The van der Waals surface area contributed by atoms with Crippen molar-refractivity contribution in [1.82, 2.24) is 10.0 Å². The first-order valence-corrected chi connectivity index (χ1v) is 20.3. The van der Waals surface area contributed by atoms with E-state index in [1.165, 1.54) is 64.3 Å². The van der Waals surface area contributed by atoms with Crippen LogP contribution in [0.4, 0.5) is 5.69 Å². The number of allylic oxidation sites excluding steroid dienone is 2. The van der Waals surface area contributed by atoms with Crippen LogP contribution < -0.4 is 14.8 Å². The second-order valence-corrected chi connectivity index (χ2v) is 16.2. The molecule has 9 atom stereocenters. The number of benzene rings is 2. The topological polar surface area (TPSA) is 223 Å². The molecule has 6 rings (SSSR count). The number of phenols is 2. The van der Waals surface area contributed by atoms with E-state index in [9.17, 15) is 39.6 Å². The average Bonchev–Trinajstić information content (AvgIpc) is 3.50. The molecule has 4 aliphatic rings. The maximum absolute atomic E-state index is 14.5. The Bertz CT molecular complexity index is 2090. The summed E-state index contributed by atoms with van der Waals surface area (Å²) in [5.74, 6) is -8.24. The number of phenolic OH excluding ortho intramolecular Hbond substituents is 2. The van der Waals surface area contributed by atoms with Crippen LogP contribution >= 0.6 is 0 Å². The minimum absolute atomic E-state index is 0.0671. The summed E-state index contributed by atoms with van der Waals surface area (Å²) in [6.45, 7) is 13.8. The molecule has 1 fully saturated rings. The molecule has 2 amide bonds. The monoisotopic (exact) mass is 853 g/mol. The number of carbonyl (C=O) groups is 4. The van der Waals surface area contributed by atoms with Gasteiger partial charge >= 0.3 is 11.8 Å². The van der Waals surface area contributed by atoms with E-state index in [1.54, 1.807) is 51.9 Å². The number of aliphatic hydroxyl groups excluding tert-OH is 2. The van der Waals surface area contributed by atoms with Crippen LogP contribution in [0.2, 0.25) is 0 Å². The number of hydrogen-bond donors (Lipinski definition) is 5. The number of amides is 2. The molecule has 0 aliphatic carbocycles. The molecule has 2 aromatic rings. The minimum Gasteiger partial charge on any atom is -0.507 e. The van der Waals surface area contributed by atoms with Crippen molar-refractivity contribution >= 4 is 40.0 Å². The van der Waals surface area contributed by atoms with Crippen molar-refractivity contribution in [2.75, 3.05) is 52.4 Å². The van der Waals surface area contributed by atoms with Crippen LogP contribution in [0.15, 0.2) is 42.2 Å². The zero-order valence-corrected chi connectivity index (χ0v) is 36.4. The van der Waals surface area contributed by atoms with Crippen LogP contribution in [0, 0.1) is 30.6 Å². The molecule has 5 bridgehead atoms. The Kier molecular flexibility index (Phi) is 14.8. The predicted molar refractivity (Wildman–Crippen MR) is 223 cm³/mol. The third kappa shape index (κ3) is 9.65. The van der Waals surface area contributed by atoms with Gasteiger partial charge in [-0.25, -0.2) is 5.01 Å². The zero-order valence-electron chi connectivity index (χ0n) is 36.4. The first-order chi connectivity index (χ1) is 28.7. The number of rotatable bonds is 6. The number of ketones is 1. The van der Waals surface area contributed by atoms with Crippen LogP contribution in [-0.2, 0) is 33.3 Å². The number of aromatic hydroxyl groups is 2. The maximum atomic E-state index is 14.5. The fraction of sp³-hybridized carbons (Fsp3) is 0.545. The van der Waals surface area contributed by atoms with E-state index in [1.807, 2.05) is 0 Å². The van der Waals surface area contributed by atoms with E-state index in [-0.39, 0.29) is 44.7 Å². The number of hydrazine groups is 1. The van der Waals surface area contributed by atoms with Crippen molar-refractivity contribution < 1.29 is 68.0 Å². The summed E-state index contributed by atoms with van der Waals surface area (Å²) in [4.78, 5) is 53.9. The Labute approximate surface area is 355 Å². The van der Waals surface area contributed by atoms with Gasteiger partial charge in [-0.3, -0.25) is 24.2 Å². The molecule has 334 valence electrons. The van der Waals surface area contributed by atoms with Crippen LogP contribution in [0.5, 0.6) is 23.0 Å². The molecule has 2 aromatic carbocycles. The van der Waals surface area contributed by atoms with Crippen molar-refractivity contribution in [2.45, 2.75) is 85.6 Å². The van der Waals surface area contributed by atoms with Crippen LogP contribution in [0.25, 0.3) is 10.8 Å². The summed E-state index contributed by atoms with van der Waals surface area (Å²) in [5, 5.41) is 51.7. The number of aliphatic hydroxyl groups is 2. The van der Waals surface area contributed by atoms with Gasteiger partial charge in [-0.1, -0.05) is 45.9 Å². The Balaban J connectivity index is 1.65. The standard InChI is InChI=1S/C44H59N3O14/c1-22-12-11-13-23(2)43(55)45-29-20-31(58-21-32(49)46(9)47-15-18-57-19-16-47)33-34(39(29)53)38(52)27(6)41-35(33)42(54)44(8,61-41)59-17-14-30(56-10)24(3)40(60-28(7)48)26(5)37(51)25(4)36(22)50/h11-14,17,20,22,24-26,30,36-37,40,50-53H,15-16,18-19,21H2,1-10H3,(H,45,55). The Morgan fingerprint density at radius 2 is 1.66 bits per heavy atom. The Morgan fingerprint density at radius 3 is 2.30 bits per heavy atom. The van der Waals surface area contributed by atoms with E-state index in [4.69, 9.17) is 28.4 Å². The highest BCUT2D eigenvalue weighted by Gasteiger charge is 2.50. The fourth-order valence-electron chi connectivity index (χ4n) is 7.99. The van der Waals surface area contributed by atoms with Crippen LogP contribution in [0.3, 0.4) is 0 Å². The number of fused-ring (bicyclic) bond motifs is 14. The lowest BCUT2D eigenvalue weighted by atomic mass is 9.78. The summed E-state index contributed by atoms with van der Waals surface area (Å²) in [7, 11) is 3.02. The summed E-state index contributed by atoms with van der Waals surface area (Å²) in [5.41, 5.74) is -0.0578. The van der Waals surface area contributed by atoms with Crippen molar-refractivity contribution in [3.8, 4) is 23.0 Å². The smallest absolute Gasteiger partial charge is 0.312 e. The number of methoxy groups -OCH3 is 1. The number of morpholine rings is 1. The second kappa shape index (κ2) is 19.2. The van der Waals surface area contributed by atoms with Gasteiger partial charge in [0.05, 0.1) is 54.4 Å². The number of hydrogen-bond acceptors (Lipinski definition) is 15. The number of anilines is 1. The quantitative estimate of drug-likeness (QED) is 0.204. The molecule has 4 heterocycles. The number of Topliss-reactive ketones (excluding diaryl/α,β-unsaturated/α-hetero) is 1. The first-order valence-electron chi connectivity index (χ1n) is 20.3. The number of nitrogens with one attached hydrogen (secondary N) is 1. The first kappa shape index (κ1) is 46.9. The van der Waals surface area contributed by atoms with Gasteiger partial charge in [-0.15, -0.1) is 0 Å². The predicted octanol–water partition coefficient (Wildman–Crippen LogP) is 4.13. The molecular weight excluding hydrogens is 794 g/mol. The van der Waals surface area contributed by atoms with Crippen LogP contribution in [-0.4, -0.2) is 131 Å². The van der Waals surface area contributed by atoms with E-state index in [0.717, 1.165) is 0 Å². The van der Waals surface area contributed by atoms with E-state index < -0.39 is 95.5 Å². The van der Waals surface area contributed by atoms with Gasteiger partial charge < -0.3 is 54.2 Å². The number of esters is 1. The van der Waals surface area contributed by atoms with Gasteiger partial charge in [0.25, 0.3) is 17.6 Å². The highest BCUT2D eigenvalue weighted by molar-refractivity contribution is 6.21. The highest BCUT2D eigenvalue weighted by atomic mass is 16.7. The summed E-state index contributed by atoms with van der Waals surface area (Å²) in [6.07, 6.45) is 3.55. The minimum atomic E-state index is -2.04. The molecule has 9 unspecified atom stereocenters. The van der Waals surface area contributed by atoms with Gasteiger partial charge in [0.15, 0.2) is 12.4 Å². The zero-order chi connectivity index (χ0) is 45.1. The SMILES string of the molecule is COC1C=COC2(C)Oc3c(C)c(O)c4c(O)c(cc(OCC(=O)N(C)N5CCOCC5)c4c3C2=O)NC(=O)C(C)=CC=CC(C)C(O)C(C)C(O)C(C)C(OC(C)=O)C1C. The molecule has 0 aromatic heterocycles. The molecule has 1 saturated heterocycles. The molecule has 0 saturated carbocycles. The van der Waals surface area contributed by atoms with Crippen molar-refractivity contribution in [1.29, 1.82) is 0 Å². The Hall–Kier alpha value is -5.20. The van der Waals surface area contributed by atoms with Gasteiger partial charge in [0, 0.05) is 87.4 Å². The lowest BCUT2D eigenvalue weighted by Crippen LogP contribution is -2.50. The van der Waals surface area contributed by atoms with Gasteiger partial charge in [-0.05, 0) is 19.9 Å². The molecule has 5 N–H and O–H groups in total. The van der Waals surface area contributed by atoms with Gasteiger partial charge in [-0.2, -0.15) is 0 Å². The lowest BCUT2D eigenvalue weighted by molar-refractivity contribution is -0.160. The largest absolute Gasteiger partial charge is 0.507 e. The molecule has 0 spiro atoms.